The second kappa shape index (κ2) is 10.3. The van der Waals surface area contributed by atoms with E-state index in [0.717, 1.165) is 22.4 Å². The van der Waals surface area contributed by atoms with Gasteiger partial charge in [0.25, 0.3) is 5.91 Å². The average Bonchev–Trinajstić information content (AvgIpc) is 2.79. The van der Waals surface area contributed by atoms with Crippen LogP contribution in [0.4, 0.5) is 0 Å². The van der Waals surface area contributed by atoms with Gasteiger partial charge in [-0.2, -0.15) is 0 Å². The smallest absolute Gasteiger partial charge is 0.253 e. The van der Waals surface area contributed by atoms with Crippen molar-refractivity contribution in [3.05, 3.63) is 72.1 Å². The summed E-state index contributed by atoms with van der Waals surface area (Å²) in [5, 5.41) is 2.94. The molecule has 0 atom stereocenters. The van der Waals surface area contributed by atoms with E-state index in [4.69, 9.17) is 14.2 Å². The van der Waals surface area contributed by atoms with Crippen LogP contribution in [0, 0.1) is 0 Å². The van der Waals surface area contributed by atoms with Crippen LogP contribution in [0.25, 0.3) is 11.1 Å². The van der Waals surface area contributed by atoms with E-state index in [-0.39, 0.29) is 5.91 Å². The first-order valence-electron chi connectivity index (χ1n) is 9.90. The molecule has 1 amide bonds. The minimum Gasteiger partial charge on any atom is -0.497 e. The summed E-state index contributed by atoms with van der Waals surface area (Å²) in [6.07, 6.45) is 3.30. The number of ether oxygens (including phenoxy) is 3. The number of aromatic nitrogens is 1. The fraction of sp³-hybridized carbons (Fsp3) is 0.250. The van der Waals surface area contributed by atoms with E-state index in [9.17, 15) is 4.79 Å². The van der Waals surface area contributed by atoms with Gasteiger partial charge in [-0.1, -0.05) is 18.2 Å². The van der Waals surface area contributed by atoms with Gasteiger partial charge in [0, 0.05) is 24.5 Å². The summed E-state index contributed by atoms with van der Waals surface area (Å²) in [6.45, 7) is 5.33. The minimum absolute atomic E-state index is 0.190. The Morgan fingerprint density at radius 2 is 1.63 bits per heavy atom. The number of carbonyl (C=O) groups is 1. The summed E-state index contributed by atoms with van der Waals surface area (Å²) >= 11 is 0. The number of methoxy groups -OCH3 is 1. The lowest BCUT2D eigenvalue weighted by Gasteiger charge is -2.13. The van der Waals surface area contributed by atoms with Gasteiger partial charge >= 0.3 is 0 Å². The Hall–Kier alpha value is -3.54. The first-order valence-corrected chi connectivity index (χ1v) is 9.90. The fourth-order valence-corrected chi connectivity index (χ4v) is 3.00. The maximum atomic E-state index is 12.7. The number of nitrogens with zero attached hydrogens (tertiary/aromatic N) is 1. The van der Waals surface area contributed by atoms with Crippen molar-refractivity contribution in [1.82, 2.24) is 10.3 Å². The highest BCUT2D eigenvalue weighted by Crippen LogP contribution is 2.28. The second-order valence-corrected chi connectivity index (χ2v) is 6.52. The SMILES string of the molecule is CCOc1ccc(CNC(=O)c2cncc(-c3ccc(OC)cc3)c2)cc1OCC. The summed E-state index contributed by atoms with van der Waals surface area (Å²) in [5.41, 5.74) is 3.25. The first-order chi connectivity index (χ1) is 14.6. The van der Waals surface area contributed by atoms with Crippen molar-refractivity contribution in [3.8, 4) is 28.4 Å². The molecule has 6 heteroatoms. The summed E-state index contributed by atoms with van der Waals surface area (Å²) in [5.74, 6) is 1.96. The summed E-state index contributed by atoms with van der Waals surface area (Å²) in [7, 11) is 1.63. The molecule has 0 spiro atoms. The summed E-state index contributed by atoms with van der Waals surface area (Å²) < 4.78 is 16.4. The molecule has 6 nitrogen and oxygen atoms in total. The van der Waals surface area contributed by atoms with Gasteiger partial charge in [0.2, 0.25) is 0 Å². The molecule has 0 aliphatic carbocycles. The number of benzene rings is 2. The molecule has 0 bridgehead atoms. The van der Waals surface area contributed by atoms with Crippen LogP contribution in [0.5, 0.6) is 17.2 Å². The van der Waals surface area contributed by atoms with Crippen LogP contribution >= 0.6 is 0 Å². The molecule has 1 N–H and O–H groups in total. The Balaban J connectivity index is 1.69. The third kappa shape index (κ3) is 5.29. The van der Waals surface area contributed by atoms with Crippen LogP contribution in [-0.2, 0) is 6.54 Å². The third-order valence-electron chi connectivity index (χ3n) is 4.48. The molecule has 0 aliphatic heterocycles. The van der Waals surface area contributed by atoms with Crippen molar-refractivity contribution in [2.24, 2.45) is 0 Å². The topological polar surface area (TPSA) is 69.7 Å². The number of hydrogen-bond acceptors (Lipinski definition) is 5. The van der Waals surface area contributed by atoms with Crippen molar-refractivity contribution in [2.75, 3.05) is 20.3 Å². The lowest BCUT2D eigenvalue weighted by Crippen LogP contribution is -2.23. The van der Waals surface area contributed by atoms with E-state index in [2.05, 4.69) is 10.3 Å². The highest BCUT2D eigenvalue weighted by atomic mass is 16.5. The van der Waals surface area contributed by atoms with Gasteiger partial charge in [-0.15, -0.1) is 0 Å². The summed E-state index contributed by atoms with van der Waals surface area (Å²) in [4.78, 5) is 16.9. The van der Waals surface area contributed by atoms with Crippen molar-refractivity contribution in [2.45, 2.75) is 20.4 Å². The molecule has 0 radical (unpaired) electrons. The highest BCUT2D eigenvalue weighted by molar-refractivity contribution is 5.95. The number of hydrogen-bond donors (Lipinski definition) is 1. The number of nitrogens with one attached hydrogen (secondary N) is 1. The van der Waals surface area contributed by atoms with Crippen molar-refractivity contribution >= 4 is 5.91 Å². The van der Waals surface area contributed by atoms with Crippen LogP contribution in [0.3, 0.4) is 0 Å². The molecule has 1 heterocycles. The van der Waals surface area contributed by atoms with Crippen LogP contribution in [0.1, 0.15) is 29.8 Å². The Morgan fingerprint density at radius 1 is 0.900 bits per heavy atom. The lowest BCUT2D eigenvalue weighted by atomic mass is 10.1. The first kappa shape index (κ1) is 21.2. The Kier molecular flexibility index (Phi) is 7.27. The zero-order valence-electron chi connectivity index (χ0n) is 17.5. The van der Waals surface area contributed by atoms with Gasteiger partial charge in [0.1, 0.15) is 5.75 Å². The predicted octanol–water partition coefficient (Wildman–Crippen LogP) is 4.48. The van der Waals surface area contributed by atoms with Crippen LogP contribution in [0.2, 0.25) is 0 Å². The van der Waals surface area contributed by atoms with Crippen LogP contribution < -0.4 is 19.5 Å². The zero-order chi connectivity index (χ0) is 21.3. The molecular weight excluding hydrogens is 380 g/mol. The van der Waals surface area contributed by atoms with E-state index in [1.807, 2.05) is 62.4 Å². The van der Waals surface area contributed by atoms with Crippen molar-refractivity contribution in [1.29, 1.82) is 0 Å². The van der Waals surface area contributed by atoms with Gasteiger partial charge in [-0.25, -0.2) is 0 Å². The van der Waals surface area contributed by atoms with Crippen LogP contribution in [0.15, 0.2) is 60.9 Å². The Morgan fingerprint density at radius 3 is 2.33 bits per heavy atom. The minimum atomic E-state index is -0.190. The number of pyridine rings is 1. The molecule has 0 aliphatic rings. The van der Waals surface area contributed by atoms with Gasteiger partial charge in [-0.05, 0) is 55.3 Å². The number of carbonyl (C=O) groups excluding carboxylic acids is 1. The highest BCUT2D eigenvalue weighted by Gasteiger charge is 2.10. The maximum absolute atomic E-state index is 12.7. The van der Waals surface area contributed by atoms with Crippen molar-refractivity contribution < 1.29 is 19.0 Å². The Bertz CT molecular complexity index is 987. The molecule has 0 fully saturated rings. The maximum Gasteiger partial charge on any atom is 0.253 e. The normalized spacial score (nSPS) is 10.4. The predicted molar refractivity (Wildman–Crippen MR) is 116 cm³/mol. The van der Waals surface area contributed by atoms with Gasteiger partial charge < -0.3 is 19.5 Å². The molecule has 30 heavy (non-hydrogen) atoms. The molecule has 0 saturated heterocycles. The monoisotopic (exact) mass is 406 g/mol. The molecule has 3 rings (SSSR count). The number of rotatable bonds is 9. The van der Waals surface area contributed by atoms with E-state index >= 15 is 0 Å². The molecule has 156 valence electrons. The Labute approximate surface area is 176 Å². The molecule has 3 aromatic rings. The quantitative estimate of drug-likeness (QED) is 0.567. The molecule has 1 aromatic heterocycles. The average molecular weight is 406 g/mol. The van der Waals surface area contributed by atoms with E-state index in [0.29, 0.717) is 36.8 Å². The standard InChI is InChI=1S/C24H26N2O4/c1-4-29-22-11-6-17(12-23(22)30-5-2)14-26-24(27)20-13-19(15-25-16-20)18-7-9-21(28-3)10-8-18/h6-13,15-16H,4-5,14H2,1-3H3,(H,26,27). The van der Waals surface area contributed by atoms with Crippen LogP contribution in [-0.4, -0.2) is 31.2 Å². The van der Waals surface area contributed by atoms with E-state index in [1.54, 1.807) is 19.5 Å². The molecule has 0 unspecified atom stereocenters. The zero-order valence-corrected chi connectivity index (χ0v) is 17.5. The van der Waals surface area contributed by atoms with E-state index in [1.165, 1.54) is 0 Å². The summed E-state index contributed by atoms with van der Waals surface area (Å²) in [6, 6.07) is 15.1. The lowest BCUT2D eigenvalue weighted by molar-refractivity contribution is 0.0950. The molecular formula is C24H26N2O4. The third-order valence-corrected chi connectivity index (χ3v) is 4.48. The number of amides is 1. The van der Waals surface area contributed by atoms with Gasteiger partial charge in [0.05, 0.1) is 25.9 Å². The molecule has 0 saturated carbocycles. The van der Waals surface area contributed by atoms with E-state index < -0.39 is 0 Å². The van der Waals surface area contributed by atoms with Gasteiger partial charge in [-0.3, -0.25) is 9.78 Å². The largest absolute Gasteiger partial charge is 0.497 e. The van der Waals surface area contributed by atoms with Gasteiger partial charge in [0.15, 0.2) is 11.5 Å². The van der Waals surface area contributed by atoms with Crippen molar-refractivity contribution in [3.63, 3.8) is 0 Å². The fourth-order valence-electron chi connectivity index (χ4n) is 3.00. The molecule has 2 aromatic carbocycles. The second-order valence-electron chi connectivity index (χ2n) is 6.52.